The number of carbonyl (C=O) groups excluding carboxylic acids is 1. The van der Waals surface area contributed by atoms with Crippen LogP contribution in [0.5, 0.6) is 0 Å². The molecule has 0 unspecified atom stereocenters. The second-order valence-electron chi connectivity index (χ2n) is 5.43. The minimum absolute atomic E-state index is 0.310. The monoisotopic (exact) mass is 275 g/mol. The van der Waals surface area contributed by atoms with Crippen molar-refractivity contribution in [3.05, 3.63) is 12.7 Å². The summed E-state index contributed by atoms with van der Waals surface area (Å²) in [5.41, 5.74) is 0.419. The van der Waals surface area contributed by atoms with Crippen LogP contribution in [-0.2, 0) is 9.59 Å². The first-order valence-corrected chi connectivity index (χ1v) is 6.10. The average molecular weight is 275 g/mol. The van der Waals surface area contributed by atoms with Crippen LogP contribution >= 0.6 is 0 Å². The smallest absolute Gasteiger partial charge is 0.307 e. The van der Waals surface area contributed by atoms with Crippen molar-refractivity contribution in [1.29, 1.82) is 0 Å². The zero-order chi connectivity index (χ0) is 14.5. The van der Waals surface area contributed by atoms with E-state index < -0.39 is 23.2 Å². The highest BCUT2D eigenvalue weighted by atomic mass is 16.4. The molecule has 8 heteroatoms. The van der Waals surface area contributed by atoms with Gasteiger partial charge in [0.25, 0.3) is 0 Å². The summed E-state index contributed by atoms with van der Waals surface area (Å²) in [6, 6.07) is 0. The molecule has 1 saturated carbocycles. The van der Waals surface area contributed by atoms with Gasteiger partial charge in [-0.25, -0.2) is 15.0 Å². The van der Waals surface area contributed by atoms with Gasteiger partial charge in [0.05, 0.1) is 18.2 Å². The van der Waals surface area contributed by atoms with Crippen LogP contribution in [0.2, 0.25) is 0 Å². The molecule has 1 aliphatic carbocycles. The zero-order valence-corrected chi connectivity index (χ0v) is 10.9. The van der Waals surface area contributed by atoms with E-state index in [2.05, 4.69) is 25.3 Å². The molecule has 1 amide bonds. The van der Waals surface area contributed by atoms with Gasteiger partial charge in [0, 0.05) is 0 Å². The largest absolute Gasteiger partial charge is 0.481 e. The second-order valence-corrected chi connectivity index (χ2v) is 5.43. The summed E-state index contributed by atoms with van der Waals surface area (Å²) >= 11 is 0. The first kappa shape index (κ1) is 12.5. The quantitative estimate of drug-likeness (QED) is 0.756. The van der Waals surface area contributed by atoms with Crippen molar-refractivity contribution in [1.82, 2.24) is 19.9 Å². The summed E-state index contributed by atoms with van der Waals surface area (Å²) in [5.74, 6) is -2.22. The van der Waals surface area contributed by atoms with Crippen LogP contribution in [0.4, 0.5) is 5.82 Å². The summed E-state index contributed by atoms with van der Waals surface area (Å²) in [5, 5.41) is 11.7. The summed E-state index contributed by atoms with van der Waals surface area (Å²) in [6.45, 7) is 3.53. The lowest BCUT2D eigenvalue weighted by molar-refractivity contribution is -0.140. The molecule has 0 aromatic carbocycles. The van der Waals surface area contributed by atoms with Crippen LogP contribution in [0.25, 0.3) is 11.2 Å². The number of carboxylic acids is 1. The maximum absolute atomic E-state index is 12.2. The van der Waals surface area contributed by atoms with Gasteiger partial charge in [0.15, 0.2) is 11.5 Å². The fraction of sp³-hybridized carbons (Fsp3) is 0.417. The van der Waals surface area contributed by atoms with Crippen LogP contribution < -0.4 is 5.32 Å². The predicted molar refractivity (Wildman–Crippen MR) is 68.7 cm³/mol. The number of hydrogen-bond acceptors (Lipinski definition) is 5. The van der Waals surface area contributed by atoms with Gasteiger partial charge in [0.2, 0.25) is 5.91 Å². The van der Waals surface area contributed by atoms with Crippen molar-refractivity contribution in [2.75, 3.05) is 5.32 Å². The van der Waals surface area contributed by atoms with Gasteiger partial charge in [-0.05, 0) is 5.41 Å². The number of rotatable bonds is 3. The summed E-state index contributed by atoms with van der Waals surface area (Å²) in [6.07, 6.45) is 2.75. The Bertz CT molecular complexity index is 708. The van der Waals surface area contributed by atoms with E-state index in [1.54, 1.807) is 13.8 Å². The van der Waals surface area contributed by atoms with Gasteiger partial charge in [0.1, 0.15) is 11.8 Å². The average Bonchev–Trinajstić information content (AvgIpc) is 2.73. The lowest BCUT2D eigenvalue weighted by atomic mass is 10.1. The van der Waals surface area contributed by atoms with Crippen molar-refractivity contribution in [3.8, 4) is 0 Å². The van der Waals surface area contributed by atoms with Gasteiger partial charge >= 0.3 is 5.97 Å². The molecule has 2 aromatic heterocycles. The molecule has 2 heterocycles. The van der Waals surface area contributed by atoms with Crippen LogP contribution in [0.1, 0.15) is 13.8 Å². The number of hydrogen-bond donors (Lipinski definition) is 3. The topological polar surface area (TPSA) is 121 Å². The number of H-pyrrole nitrogens is 1. The first-order valence-electron chi connectivity index (χ1n) is 6.10. The minimum Gasteiger partial charge on any atom is -0.481 e. The van der Waals surface area contributed by atoms with Crippen molar-refractivity contribution < 1.29 is 14.7 Å². The van der Waals surface area contributed by atoms with E-state index in [1.807, 2.05) is 0 Å². The van der Waals surface area contributed by atoms with Gasteiger partial charge in [-0.1, -0.05) is 13.8 Å². The molecule has 0 aliphatic heterocycles. The van der Waals surface area contributed by atoms with E-state index >= 15 is 0 Å². The second kappa shape index (κ2) is 3.99. The van der Waals surface area contributed by atoms with Gasteiger partial charge in [-0.3, -0.25) is 9.59 Å². The van der Waals surface area contributed by atoms with E-state index in [1.165, 1.54) is 12.7 Å². The fourth-order valence-corrected chi connectivity index (χ4v) is 2.64. The normalized spacial score (nSPS) is 23.5. The highest BCUT2D eigenvalue weighted by Crippen LogP contribution is 2.58. The van der Waals surface area contributed by atoms with Crippen molar-refractivity contribution in [3.63, 3.8) is 0 Å². The Morgan fingerprint density at radius 1 is 1.30 bits per heavy atom. The lowest BCUT2D eigenvalue weighted by Gasteiger charge is -2.05. The van der Waals surface area contributed by atoms with Crippen LogP contribution in [0.3, 0.4) is 0 Å². The molecular weight excluding hydrogens is 262 g/mol. The molecular formula is C12H13N5O3. The number of carbonyl (C=O) groups is 2. The number of aliphatic carboxylic acids is 1. The number of amides is 1. The molecule has 2 atom stereocenters. The highest BCUT2D eigenvalue weighted by Gasteiger charge is 2.65. The Kier molecular flexibility index (Phi) is 2.50. The number of nitrogens with one attached hydrogen (secondary N) is 2. The molecule has 2 aromatic rings. The minimum atomic E-state index is -0.954. The maximum Gasteiger partial charge on any atom is 0.307 e. The third kappa shape index (κ3) is 1.72. The molecule has 0 spiro atoms. The molecule has 1 aliphatic rings. The molecule has 1 fully saturated rings. The first-order chi connectivity index (χ1) is 9.43. The third-order valence-electron chi connectivity index (χ3n) is 3.84. The number of anilines is 1. The summed E-state index contributed by atoms with van der Waals surface area (Å²) in [4.78, 5) is 38.0. The van der Waals surface area contributed by atoms with Crippen LogP contribution in [0, 0.1) is 17.3 Å². The molecule has 8 nitrogen and oxygen atoms in total. The number of carboxylic acid groups (broad SMARTS) is 1. The van der Waals surface area contributed by atoms with Crippen LogP contribution in [-0.4, -0.2) is 36.9 Å². The Morgan fingerprint density at radius 3 is 2.70 bits per heavy atom. The number of imidazole rings is 1. The fourth-order valence-electron chi connectivity index (χ4n) is 2.64. The maximum atomic E-state index is 12.2. The summed E-state index contributed by atoms with van der Waals surface area (Å²) in [7, 11) is 0. The SMILES string of the molecule is CC1(C)[C@H](C(=O)O)[C@@H]1C(=O)Nc1ncnc2nc[nH]c12. The predicted octanol–water partition coefficient (Wildman–Crippen LogP) is 0.648. The lowest BCUT2D eigenvalue weighted by Crippen LogP contribution is -2.18. The molecule has 0 radical (unpaired) electrons. The Labute approximate surface area is 113 Å². The number of nitrogens with zero attached hydrogens (tertiary/aromatic N) is 3. The molecule has 104 valence electrons. The van der Waals surface area contributed by atoms with E-state index in [0.29, 0.717) is 17.0 Å². The zero-order valence-electron chi connectivity index (χ0n) is 10.9. The number of fused-ring (bicyclic) bond motifs is 1. The van der Waals surface area contributed by atoms with E-state index in [0.717, 1.165) is 0 Å². The van der Waals surface area contributed by atoms with E-state index in [4.69, 9.17) is 5.11 Å². The Balaban J connectivity index is 1.84. The van der Waals surface area contributed by atoms with Crippen LogP contribution in [0.15, 0.2) is 12.7 Å². The van der Waals surface area contributed by atoms with E-state index in [-0.39, 0.29) is 5.91 Å². The van der Waals surface area contributed by atoms with Crippen molar-refractivity contribution >= 4 is 28.9 Å². The summed E-state index contributed by atoms with van der Waals surface area (Å²) < 4.78 is 0. The molecule has 20 heavy (non-hydrogen) atoms. The molecule has 0 bridgehead atoms. The van der Waals surface area contributed by atoms with Gasteiger partial charge in [-0.2, -0.15) is 0 Å². The highest BCUT2D eigenvalue weighted by molar-refractivity contribution is 6.02. The Hall–Kier alpha value is -2.51. The standard InChI is InChI=1S/C12H13N5O3/c1-12(2)5(6(12)11(19)20)10(18)17-9-7-8(14-3-13-7)15-4-16-9/h3-6H,1-2H3,(H,19,20)(H2,13,14,15,16,17,18)/t5-,6+/m1/s1. The Morgan fingerprint density at radius 2 is 2.05 bits per heavy atom. The van der Waals surface area contributed by atoms with Gasteiger partial charge < -0.3 is 15.4 Å². The van der Waals surface area contributed by atoms with E-state index in [9.17, 15) is 9.59 Å². The van der Waals surface area contributed by atoms with Crippen molar-refractivity contribution in [2.45, 2.75) is 13.8 Å². The third-order valence-corrected chi connectivity index (χ3v) is 3.84. The number of aromatic nitrogens is 4. The number of aromatic amines is 1. The molecule has 3 N–H and O–H groups in total. The molecule has 3 rings (SSSR count). The van der Waals surface area contributed by atoms with Gasteiger partial charge in [-0.15, -0.1) is 0 Å². The molecule has 0 saturated heterocycles. The van der Waals surface area contributed by atoms with Crippen molar-refractivity contribution in [2.24, 2.45) is 17.3 Å².